The van der Waals surface area contributed by atoms with Crippen molar-refractivity contribution in [1.29, 1.82) is 0 Å². The summed E-state index contributed by atoms with van der Waals surface area (Å²) in [6.07, 6.45) is 12.1. The number of allylic oxidation sites excluding steroid dienone is 2. The molecule has 2 aliphatic rings. The number of aromatic nitrogens is 1. The summed E-state index contributed by atoms with van der Waals surface area (Å²) in [7, 11) is 0. The second-order valence-electron chi connectivity index (χ2n) is 6.80. The molecule has 2 heterocycles. The van der Waals surface area contributed by atoms with Gasteiger partial charge in [0.15, 0.2) is 0 Å². The Bertz CT molecular complexity index is 880. The average Bonchev–Trinajstić information content (AvgIpc) is 2.93. The molecule has 0 amide bonds. The zero-order valence-corrected chi connectivity index (χ0v) is 14.4. The molecule has 0 bridgehead atoms. The lowest BCUT2D eigenvalue weighted by Gasteiger charge is -2.28. The fraction of sp³-hybridized carbons (Fsp3) is 0.318. The highest BCUT2D eigenvalue weighted by atomic mass is 16.3. The van der Waals surface area contributed by atoms with Gasteiger partial charge in [-0.3, -0.25) is 0 Å². The van der Waals surface area contributed by atoms with Crippen molar-refractivity contribution in [3.63, 3.8) is 0 Å². The molecule has 0 radical (unpaired) electrons. The number of piperidine rings is 1. The molecular formula is C22H24N2O. The monoisotopic (exact) mass is 332 g/mol. The van der Waals surface area contributed by atoms with Crippen LogP contribution in [0.5, 0.6) is 0 Å². The van der Waals surface area contributed by atoms with Crippen molar-refractivity contribution in [2.24, 2.45) is 0 Å². The molecule has 0 saturated carbocycles. The number of nitrogens with one attached hydrogen (secondary N) is 1. The molecular weight excluding hydrogens is 308 g/mol. The first-order valence-corrected chi connectivity index (χ1v) is 9.18. The number of aliphatic hydroxyl groups is 1. The Morgan fingerprint density at radius 2 is 2.04 bits per heavy atom. The van der Waals surface area contributed by atoms with Crippen molar-refractivity contribution in [2.75, 3.05) is 6.54 Å². The van der Waals surface area contributed by atoms with Crippen LogP contribution in [0.15, 0.2) is 48.6 Å². The van der Waals surface area contributed by atoms with Crippen molar-refractivity contribution in [3.05, 3.63) is 64.7 Å². The standard InChI is InChI=1S/C22H24N2O/c25-22(20-13-7-8-14-23-20)18-15-21(16-9-3-1-4-10-16)24-19-12-6-2-5-11-17(18)19/h1-5,9-12,15,20,22-23,25H,6-8,13-14H2/t20-,22-/m1/s1. The minimum atomic E-state index is -0.518. The molecule has 25 heavy (non-hydrogen) atoms. The largest absolute Gasteiger partial charge is 0.387 e. The number of benzene rings is 1. The van der Waals surface area contributed by atoms with Crippen LogP contribution in [-0.4, -0.2) is 22.7 Å². The summed E-state index contributed by atoms with van der Waals surface area (Å²) >= 11 is 0. The first kappa shape index (κ1) is 16.2. The summed E-state index contributed by atoms with van der Waals surface area (Å²) in [6, 6.07) is 12.4. The SMILES string of the molecule is O[C@H](c1cc(-c2ccccc2)nc2c1=CC=CCC=2)[C@H]1CCCCN1. The highest BCUT2D eigenvalue weighted by molar-refractivity contribution is 5.61. The van der Waals surface area contributed by atoms with E-state index in [9.17, 15) is 5.11 Å². The lowest BCUT2D eigenvalue weighted by molar-refractivity contribution is 0.113. The van der Waals surface area contributed by atoms with Gasteiger partial charge in [-0.15, -0.1) is 0 Å². The van der Waals surface area contributed by atoms with Gasteiger partial charge in [-0.05, 0) is 37.4 Å². The fourth-order valence-corrected chi connectivity index (χ4v) is 3.72. The normalized spacial score (nSPS) is 20.8. The van der Waals surface area contributed by atoms with Gasteiger partial charge in [0.2, 0.25) is 0 Å². The van der Waals surface area contributed by atoms with Gasteiger partial charge in [0, 0.05) is 16.8 Å². The van der Waals surface area contributed by atoms with Gasteiger partial charge in [-0.25, -0.2) is 4.98 Å². The number of rotatable bonds is 3. The summed E-state index contributed by atoms with van der Waals surface area (Å²) in [5, 5.41) is 16.6. The van der Waals surface area contributed by atoms with E-state index >= 15 is 0 Å². The first-order chi connectivity index (χ1) is 12.3. The maximum Gasteiger partial charge on any atom is 0.0950 e. The second-order valence-corrected chi connectivity index (χ2v) is 6.80. The second kappa shape index (κ2) is 7.34. The van der Waals surface area contributed by atoms with Crippen LogP contribution in [0, 0.1) is 0 Å². The molecule has 1 saturated heterocycles. The van der Waals surface area contributed by atoms with Gasteiger partial charge in [-0.1, -0.05) is 61.1 Å². The molecule has 0 spiro atoms. The van der Waals surface area contributed by atoms with Crippen molar-refractivity contribution in [2.45, 2.75) is 37.8 Å². The third-order valence-corrected chi connectivity index (χ3v) is 5.08. The van der Waals surface area contributed by atoms with Crippen LogP contribution >= 0.6 is 0 Å². The van der Waals surface area contributed by atoms with Crippen molar-refractivity contribution in [3.8, 4) is 11.3 Å². The average molecular weight is 332 g/mol. The lowest BCUT2D eigenvalue weighted by atomic mass is 9.93. The van der Waals surface area contributed by atoms with Crippen molar-refractivity contribution in [1.82, 2.24) is 10.3 Å². The van der Waals surface area contributed by atoms with E-state index in [2.05, 4.69) is 47.8 Å². The quantitative estimate of drug-likeness (QED) is 0.907. The summed E-state index contributed by atoms with van der Waals surface area (Å²) in [5.74, 6) is 0. The Kier molecular flexibility index (Phi) is 4.77. The Labute approximate surface area is 148 Å². The maximum atomic E-state index is 11.1. The van der Waals surface area contributed by atoms with Crippen LogP contribution in [0.2, 0.25) is 0 Å². The van der Waals surface area contributed by atoms with Crippen molar-refractivity contribution >= 4 is 12.2 Å². The highest BCUT2D eigenvalue weighted by Crippen LogP contribution is 2.23. The molecule has 2 atom stereocenters. The highest BCUT2D eigenvalue weighted by Gasteiger charge is 2.24. The summed E-state index contributed by atoms with van der Waals surface area (Å²) in [5.41, 5.74) is 2.99. The Balaban J connectivity index is 1.86. The minimum Gasteiger partial charge on any atom is -0.387 e. The number of hydrogen-bond acceptors (Lipinski definition) is 3. The van der Waals surface area contributed by atoms with Crippen LogP contribution in [0.25, 0.3) is 23.4 Å². The van der Waals surface area contributed by atoms with E-state index in [0.29, 0.717) is 0 Å². The van der Waals surface area contributed by atoms with Gasteiger partial charge in [-0.2, -0.15) is 0 Å². The summed E-state index contributed by atoms with van der Waals surface area (Å²) in [4.78, 5) is 4.87. The molecule has 1 fully saturated rings. The van der Waals surface area contributed by atoms with E-state index < -0.39 is 6.10 Å². The number of aliphatic hydroxyl groups excluding tert-OH is 1. The van der Waals surface area contributed by atoms with E-state index in [-0.39, 0.29) is 6.04 Å². The predicted octanol–water partition coefficient (Wildman–Crippen LogP) is 2.44. The molecule has 1 aromatic heterocycles. The predicted molar refractivity (Wildman–Crippen MR) is 102 cm³/mol. The van der Waals surface area contributed by atoms with Crippen LogP contribution in [-0.2, 0) is 0 Å². The molecule has 1 aliphatic heterocycles. The molecule has 2 N–H and O–H groups in total. The van der Waals surface area contributed by atoms with Gasteiger partial charge < -0.3 is 10.4 Å². The molecule has 2 aromatic rings. The van der Waals surface area contributed by atoms with E-state index in [1.165, 1.54) is 12.8 Å². The minimum absolute atomic E-state index is 0.115. The zero-order valence-electron chi connectivity index (χ0n) is 14.4. The fourth-order valence-electron chi connectivity index (χ4n) is 3.72. The van der Waals surface area contributed by atoms with Crippen LogP contribution < -0.4 is 15.9 Å². The first-order valence-electron chi connectivity index (χ1n) is 9.18. The van der Waals surface area contributed by atoms with E-state index in [0.717, 1.165) is 46.8 Å². The van der Waals surface area contributed by atoms with Gasteiger partial charge in [0.25, 0.3) is 0 Å². The Morgan fingerprint density at radius 3 is 2.84 bits per heavy atom. The number of pyridine rings is 1. The number of fused-ring (bicyclic) bond motifs is 1. The summed E-state index contributed by atoms with van der Waals surface area (Å²) in [6.45, 7) is 0.982. The maximum absolute atomic E-state index is 11.1. The zero-order chi connectivity index (χ0) is 17.1. The van der Waals surface area contributed by atoms with E-state index in [1.807, 2.05) is 18.2 Å². The van der Waals surface area contributed by atoms with Crippen LogP contribution in [0.1, 0.15) is 37.4 Å². The van der Waals surface area contributed by atoms with E-state index in [4.69, 9.17) is 4.98 Å². The number of hydrogen-bond donors (Lipinski definition) is 2. The third-order valence-electron chi connectivity index (χ3n) is 5.08. The molecule has 1 aromatic carbocycles. The molecule has 128 valence electrons. The summed E-state index contributed by atoms with van der Waals surface area (Å²) < 4.78 is 0. The third kappa shape index (κ3) is 3.44. The van der Waals surface area contributed by atoms with Gasteiger partial charge >= 0.3 is 0 Å². The molecule has 3 heteroatoms. The Morgan fingerprint density at radius 1 is 1.16 bits per heavy atom. The van der Waals surface area contributed by atoms with Crippen LogP contribution in [0.3, 0.4) is 0 Å². The molecule has 4 rings (SSSR count). The smallest absolute Gasteiger partial charge is 0.0950 e. The van der Waals surface area contributed by atoms with Gasteiger partial charge in [0.05, 0.1) is 17.1 Å². The van der Waals surface area contributed by atoms with Crippen LogP contribution in [0.4, 0.5) is 0 Å². The van der Waals surface area contributed by atoms with E-state index in [1.54, 1.807) is 0 Å². The van der Waals surface area contributed by atoms with Crippen molar-refractivity contribution < 1.29 is 5.11 Å². The molecule has 1 aliphatic carbocycles. The topological polar surface area (TPSA) is 45.2 Å². The number of nitrogens with zero attached hydrogens (tertiary/aromatic N) is 1. The Hall–Kier alpha value is -2.23. The molecule has 0 unspecified atom stereocenters. The van der Waals surface area contributed by atoms with Gasteiger partial charge in [0.1, 0.15) is 0 Å². The molecule has 3 nitrogen and oxygen atoms in total. The lowest BCUT2D eigenvalue weighted by Crippen LogP contribution is -2.42.